The van der Waals surface area contributed by atoms with Crippen molar-refractivity contribution in [1.82, 2.24) is 4.90 Å². The van der Waals surface area contributed by atoms with Crippen LogP contribution in [0, 0.1) is 0 Å². The van der Waals surface area contributed by atoms with E-state index in [1.807, 2.05) is 0 Å². The topological polar surface area (TPSA) is 73.2 Å². The van der Waals surface area contributed by atoms with Crippen LogP contribution in [0.15, 0.2) is 12.8 Å². The molecule has 0 bridgehead atoms. The Bertz CT molecular complexity index is 199. The molecule has 0 aromatic heterocycles. The molecule has 1 fully saturated rings. The molecule has 5 heteroatoms. The first-order chi connectivity index (χ1) is 6.60. The van der Waals surface area contributed by atoms with E-state index in [0.29, 0.717) is 6.42 Å². The zero-order valence-corrected chi connectivity index (χ0v) is 8.21. The number of likely N-dealkylation sites (N-methyl/N-ethyl adjacent to an activating group) is 1. The average molecular weight is 203 g/mol. The Morgan fingerprint density at radius 1 is 1.57 bits per heavy atom. The summed E-state index contributed by atoms with van der Waals surface area (Å²) in [5, 5.41) is 27.9. The van der Waals surface area contributed by atoms with Crippen LogP contribution in [0.25, 0.3) is 0 Å². The van der Waals surface area contributed by atoms with Gasteiger partial charge in [0.25, 0.3) is 0 Å². The second-order valence-corrected chi connectivity index (χ2v) is 3.47. The normalized spacial score (nSPS) is 38.0. The number of nitrogens with zero attached hydrogens (tertiary/aromatic N) is 1. The van der Waals surface area contributed by atoms with Crippen molar-refractivity contribution in [3.63, 3.8) is 0 Å². The van der Waals surface area contributed by atoms with Crippen molar-refractivity contribution in [2.75, 3.05) is 13.7 Å². The first-order valence-electron chi connectivity index (χ1n) is 4.57. The van der Waals surface area contributed by atoms with Crippen LogP contribution >= 0.6 is 0 Å². The Balaban J connectivity index is 2.61. The van der Waals surface area contributed by atoms with E-state index in [2.05, 4.69) is 6.58 Å². The van der Waals surface area contributed by atoms with Gasteiger partial charge in [-0.15, -0.1) is 0 Å². The summed E-state index contributed by atoms with van der Waals surface area (Å²) < 4.78 is 5.05. The Morgan fingerprint density at radius 3 is 2.71 bits per heavy atom. The minimum atomic E-state index is -1.00. The van der Waals surface area contributed by atoms with Gasteiger partial charge in [0, 0.05) is 13.5 Å². The molecule has 0 aromatic rings. The molecule has 1 rings (SSSR count). The van der Waals surface area contributed by atoms with Crippen molar-refractivity contribution in [3.05, 3.63) is 12.8 Å². The molecule has 0 spiro atoms. The van der Waals surface area contributed by atoms with Gasteiger partial charge in [-0.2, -0.15) is 0 Å². The lowest BCUT2D eigenvalue weighted by atomic mass is 10.00. The SMILES string of the molecule is C=CN(C)C1CC(O)C(CO)OC1O. The molecule has 0 aromatic carbocycles. The van der Waals surface area contributed by atoms with Crippen LogP contribution in [0.4, 0.5) is 0 Å². The highest BCUT2D eigenvalue weighted by molar-refractivity contribution is 4.88. The molecule has 1 aliphatic rings. The first kappa shape index (κ1) is 11.5. The monoisotopic (exact) mass is 203 g/mol. The Morgan fingerprint density at radius 2 is 2.21 bits per heavy atom. The van der Waals surface area contributed by atoms with Crippen LogP contribution in [0.3, 0.4) is 0 Å². The Labute approximate surface area is 83.2 Å². The number of hydrogen-bond acceptors (Lipinski definition) is 5. The molecule has 4 unspecified atom stereocenters. The third kappa shape index (κ3) is 2.24. The largest absolute Gasteiger partial charge is 0.394 e. The number of aliphatic hydroxyl groups is 3. The smallest absolute Gasteiger partial charge is 0.175 e. The van der Waals surface area contributed by atoms with Crippen LogP contribution in [-0.2, 0) is 4.74 Å². The summed E-state index contributed by atoms with van der Waals surface area (Å²) in [4.78, 5) is 1.68. The summed E-state index contributed by atoms with van der Waals surface area (Å²) in [7, 11) is 1.75. The van der Waals surface area contributed by atoms with E-state index >= 15 is 0 Å². The Hall–Kier alpha value is -0.620. The number of hydrogen-bond donors (Lipinski definition) is 3. The maximum atomic E-state index is 9.56. The van der Waals surface area contributed by atoms with Crippen molar-refractivity contribution < 1.29 is 20.1 Å². The van der Waals surface area contributed by atoms with Crippen LogP contribution in [0.1, 0.15) is 6.42 Å². The summed E-state index contributed by atoms with van der Waals surface area (Å²) in [5.74, 6) is 0. The van der Waals surface area contributed by atoms with E-state index in [0.717, 1.165) is 0 Å². The standard InChI is InChI=1S/C9H17NO4/c1-3-10(2)6-4-7(12)8(5-11)14-9(6)13/h3,6-9,11-13H,1,4-5H2,2H3. The molecule has 1 aliphatic heterocycles. The fraction of sp³-hybridized carbons (Fsp3) is 0.778. The second-order valence-electron chi connectivity index (χ2n) is 3.47. The molecule has 0 radical (unpaired) electrons. The second kappa shape index (κ2) is 4.75. The van der Waals surface area contributed by atoms with Gasteiger partial charge in [-0.3, -0.25) is 0 Å². The molecule has 3 N–H and O–H groups in total. The highest BCUT2D eigenvalue weighted by atomic mass is 16.6. The van der Waals surface area contributed by atoms with E-state index < -0.39 is 18.5 Å². The summed E-state index contributed by atoms with van der Waals surface area (Å²) in [5.41, 5.74) is 0. The highest BCUT2D eigenvalue weighted by Crippen LogP contribution is 2.22. The summed E-state index contributed by atoms with van der Waals surface area (Å²) >= 11 is 0. The minimum Gasteiger partial charge on any atom is -0.394 e. The lowest BCUT2D eigenvalue weighted by molar-refractivity contribution is -0.232. The van der Waals surface area contributed by atoms with Gasteiger partial charge in [0.1, 0.15) is 6.10 Å². The lowest BCUT2D eigenvalue weighted by Gasteiger charge is -2.40. The average Bonchev–Trinajstić information content (AvgIpc) is 2.19. The fourth-order valence-corrected chi connectivity index (χ4v) is 1.54. The van der Waals surface area contributed by atoms with E-state index in [-0.39, 0.29) is 12.6 Å². The van der Waals surface area contributed by atoms with E-state index in [1.165, 1.54) is 0 Å². The van der Waals surface area contributed by atoms with Gasteiger partial charge in [0.05, 0.1) is 18.8 Å². The zero-order valence-electron chi connectivity index (χ0n) is 8.21. The van der Waals surface area contributed by atoms with Gasteiger partial charge in [-0.25, -0.2) is 0 Å². The maximum absolute atomic E-state index is 9.56. The third-order valence-corrected chi connectivity index (χ3v) is 2.55. The molecule has 1 saturated heterocycles. The fourth-order valence-electron chi connectivity index (χ4n) is 1.54. The van der Waals surface area contributed by atoms with Gasteiger partial charge >= 0.3 is 0 Å². The van der Waals surface area contributed by atoms with Crippen molar-refractivity contribution in [1.29, 1.82) is 0 Å². The van der Waals surface area contributed by atoms with Gasteiger partial charge < -0.3 is 25.0 Å². The molecule has 0 amide bonds. The van der Waals surface area contributed by atoms with Gasteiger partial charge in [-0.05, 0) is 6.20 Å². The molecule has 1 heterocycles. The number of rotatable bonds is 3. The van der Waals surface area contributed by atoms with Gasteiger partial charge in [0.15, 0.2) is 6.29 Å². The predicted octanol–water partition coefficient (Wildman–Crippen LogP) is -1.11. The highest BCUT2D eigenvalue weighted by Gasteiger charge is 2.37. The Kier molecular flexibility index (Phi) is 3.88. The van der Waals surface area contributed by atoms with Crippen LogP contribution in [0.2, 0.25) is 0 Å². The quantitative estimate of drug-likeness (QED) is 0.542. The number of aliphatic hydroxyl groups excluding tert-OH is 3. The third-order valence-electron chi connectivity index (χ3n) is 2.55. The lowest BCUT2D eigenvalue weighted by Crippen LogP contribution is -2.53. The van der Waals surface area contributed by atoms with E-state index in [1.54, 1.807) is 18.1 Å². The summed E-state index contributed by atoms with van der Waals surface area (Å²) in [6, 6.07) is -0.315. The van der Waals surface area contributed by atoms with Crippen LogP contribution in [0.5, 0.6) is 0 Å². The minimum absolute atomic E-state index is 0.289. The molecule has 5 nitrogen and oxygen atoms in total. The van der Waals surface area contributed by atoms with Crippen LogP contribution < -0.4 is 0 Å². The van der Waals surface area contributed by atoms with Crippen LogP contribution in [-0.4, -0.2) is 58.4 Å². The van der Waals surface area contributed by atoms with Crippen molar-refractivity contribution in [2.45, 2.75) is 31.0 Å². The van der Waals surface area contributed by atoms with Crippen molar-refractivity contribution in [2.24, 2.45) is 0 Å². The molecule has 82 valence electrons. The summed E-state index contributed by atoms with van der Waals surface area (Å²) in [6.07, 6.45) is -0.535. The zero-order chi connectivity index (χ0) is 10.7. The first-order valence-corrected chi connectivity index (χ1v) is 4.57. The maximum Gasteiger partial charge on any atom is 0.175 e. The molecule has 4 atom stereocenters. The summed E-state index contributed by atoms with van der Waals surface area (Å²) in [6.45, 7) is 3.27. The van der Waals surface area contributed by atoms with Gasteiger partial charge in [-0.1, -0.05) is 6.58 Å². The molecular formula is C9H17NO4. The molecule has 0 aliphatic carbocycles. The predicted molar refractivity (Wildman–Crippen MR) is 50.3 cm³/mol. The number of ether oxygens (including phenoxy) is 1. The molecule has 14 heavy (non-hydrogen) atoms. The van der Waals surface area contributed by atoms with Crippen molar-refractivity contribution in [3.8, 4) is 0 Å². The van der Waals surface area contributed by atoms with E-state index in [4.69, 9.17) is 9.84 Å². The van der Waals surface area contributed by atoms with Crippen molar-refractivity contribution >= 4 is 0 Å². The molecular weight excluding hydrogens is 186 g/mol. The van der Waals surface area contributed by atoms with Gasteiger partial charge in [0.2, 0.25) is 0 Å². The molecule has 0 saturated carbocycles. The van der Waals surface area contributed by atoms with E-state index in [9.17, 15) is 10.2 Å².